The Morgan fingerprint density at radius 2 is 0.612 bits per heavy atom. The second-order valence-electron chi connectivity index (χ2n) is 23.7. The maximum atomic E-state index is 12.8. The molecule has 0 spiro atoms. The van der Waals surface area contributed by atoms with Gasteiger partial charge in [-0.3, -0.25) is 18.6 Å². The minimum absolute atomic E-state index is 0.0527. The van der Waals surface area contributed by atoms with Crippen LogP contribution in [0.1, 0.15) is 335 Å². The van der Waals surface area contributed by atoms with Gasteiger partial charge in [0.2, 0.25) is 0 Å². The molecule has 0 rings (SSSR count). The highest BCUT2D eigenvalue weighted by molar-refractivity contribution is 7.47. The SMILES string of the molecule is CC/C=C\C/C=C\C/C=C\C/C=C\CCCCCCCCCCCCCCCCCCCCCCCCC(=O)OC(COC(=O)CCCCCCCCCCCCCCCCCC/C=C\C/C=C\C/C=C\C/C=C\CC)COP(=O)(O)OCCN. The van der Waals surface area contributed by atoms with Crippen molar-refractivity contribution in [3.05, 3.63) is 97.2 Å². The van der Waals surface area contributed by atoms with Crippen molar-refractivity contribution in [3.8, 4) is 0 Å². The maximum absolute atomic E-state index is 12.8. The number of phosphoric ester groups is 1. The largest absolute Gasteiger partial charge is 0.472 e. The first-order chi connectivity index (χ1) is 41.8. The monoisotopic (exact) mass is 1210 g/mol. The van der Waals surface area contributed by atoms with Crippen LogP contribution in [0.4, 0.5) is 0 Å². The first-order valence-corrected chi connectivity index (χ1v) is 37.2. The molecule has 0 radical (unpaired) electrons. The van der Waals surface area contributed by atoms with E-state index in [2.05, 4.69) is 111 Å². The highest BCUT2D eigenvalue weighted by atomic mass is 31.2. The minimum Gasteiger partial charge on any atom is -0.462 e. The fourth-order valence-corrected chi connectivity index (χ4v) is 11.0. The molecule has 0 aliphatic heterocycles. The van der Waals surface area contributed by atoms with E-state index in [0.29, 0.717) is 6.42 Å². The number of hydrogen-bond donors (Lipinski definition) is 2. The van der Waals surface area contributed by atoms with Gasteiger partial charge in [0.15, 0.2) is 6.10 Å². The average Bonchev–Trinajstić information content (AvgIpc) is 3.52. The second kappa shape index (κ2) is 70.0. The van der Waals surface area contributed by atoms with Crippen molar-refractivity contribution >= 4 is 19.8 Å². The number of nitrogens with two attached hydrogens (primary N) is 1. The number of carbonyl (C=O) groups is 2. The van der Waals surface area contributed by atoms with Gasteiger partial charge in [0.25, 0.3) is 0 Å². The van der Waals surface area contributed by atoms with Crippen molar-refractivity contribution in [3.63, 3.8) is 0 Å². The highest BCUT2D eigenvalue weighted by Gasteiger charge is 2.26. The number of phosphoric acid groups is 1. The lowest BCUT2D eigenvalue weighted by molar-refractivity contribution is -0.161. The lowest BCUT2D eigenvalue weighted by Gasteiger charge is -2.19. The number of hydrogen-bond acceptors (Lipinski definition) is 8. The highest BCUT2D eigenvalue weighted by Crippen LogP contribution is 2.43. The molecule has 0 heterocycles. The molecule has 2 atom stereocenters. The fourth-order valence-electron chi connectivity index (χ4n) is 10.3. The van der Waals surface area contributed by atoms with Crippen LogP contribution in [0.2, 0.25) is 0 Å². The van der Waals surface area contributed by atoms with Gasteiger partial charge in [-0.2, -0.15) is 0 Å². The lowest BCUT2D eigenvalue weighted by atomic mass is 10.0. The third-order valence-electron chi connectivity index (χ3n) is 15.5. The van der Waals surface area contributed by atoms with Crippen molar-refractivity contribution in [2.75, 3.05) is 26.4 Å². The molecule has 0 aliphatic rings. The van der Waals surface area contributed by atoms with E-state index < -0.39 is 26.5 Å². The molecule has 492 valence electrons. The summed E-state index contributed by atoms with van der Waals surface area (Å²) in [6, 6.07) is 0. The standard InChI is InChI=1S/C75H134NO8P/c1-3-5-7-9-11-13-15-17-19-21-23-25-27-29-31-33-34-35-36-37-38-40-42-44-46-48-50-52-54-56-58-60-62-64-66-68-75(78)84-73(72-83-85(79,80)82-70-69-76)71-81-74(77)67-65-63-61-59-57-55-53-51-49-47-45-43-41-39-32-30-28-26-24-22-20-18-16-14-12-10-8-6-4-2/h5-8,11-14,17-20,23-26,73H,3-4,9-10,15-16,21-22,27-72,76H2,1-2H3,(H,79,80)/b7-5-,8-6-,13-11-,14-12-,19-17-,20-18-,25-23-,26-24-. The van der Waals surface area contributed by atoms with E-state index in [1.807, 2.05) is 0 Å². The predicted octanol–water partition coefficient (Wildman–Crippen LogP) is 23.5. The number of rotatable bonds is 67. The Bertz CT molecular complexity index is 1720. The summed E-state index contributed by atoms with van der Waals surface area (Å²) in [5.41, 5.74) is 5.41. The molecule has 0 aromatic heterocycles. The summed E-state index contributed by atoms with van der Waals surface area (Å²) in [4.78, 5) is 35.4. The Kier molecular flexibility index (Phi) is 67.5. The third kappa shape index (κ3) is 69.9. The molecule has 0 aromatic carbocycles. The van der Waals surface area contributed by atoms with Crippen LogP contribution in [0, 0.1) is 0 Å². The molecule has 0 amide bonds. The predicted molar refractivity (Wildman–Crippen MR) is 367 cm³/mol. The first-order valence-electron chi connectivity index (χ1n) is 35.7. The Hall–Kier alpha value is -3.07. The van der Waals surface area contributed by atoms with Crippen LogP contribution in [-0.2, 0) is 32.7 Å². The van der Waals surface area contributed by atoms with Gasteiger partial charge in [0.1, 0.15) is 6.61 Å². The summed E-state index contributed by atoms with van der Waals surface area (Å²) in [6.07, 6.45) is 95.1. The van der Waals surface area contributed by atoms with Gasteiger partial charge >= 0.3 is 19.8 Å². The summed E-state index contributed by atoms with van der Waals surface area (Å²) in [7, 11) is -4.40. The molecule has 0 aromatic rings. The van der Waals surface area contributed by atoms with E-state index in [1.165, 1.54) is 218 Å². The number of carbonyl (C=O) groups excluding carboxylic acids is 2. The molecule has 10 heteroatoms. The Balaban J connectivity index is 3.83. The molecule has 2 unspecified atom stereocenters. The summed E-state index contributed by atoms with van der Waals surface area (Å²) in [6.45, 7) is 3.57. The van der Waals surface area contributed by atoms with Gasteiger partial charge in [-0.05, 0) is 89.9 Å². The molecule has 3 N–H and O–H groups in total. The summed E-state index contributed by atoms with van der Waals surface area (Å²) in [5, 5.41) is 0. The van der Waals surface area contributed by atoms with Crippen molar-refractivity contribution in [1.29, 1.82) is 0 Å². The molecule has 0 fully saturated rings. The summed E-state index contributed by atoms with van der Waals surface area (Å²) < 4.78 is 33.2. The second-order valence-corrected chi connectivity index (χ2v) is 25.1. The number of esters is 2. The van der Waals surface area contributed by atoms with Crippen LogP contribution in [0.25, 0.3) is 0 Å². The fraction of sp³-hybridized carbons (Fsp3) is 0.760. The van der Waals surface area contributed by atoms with Gasteiger partial charge in [-0.1, -0.05) is 329 Å². The summed E-state index contributed by atoms with van der Waals surface area (Å²) in [5.74, 6) is -0.814. The normalized spacial score (nSPS) is 13.5. The van der Waals surface area contributed by atoms with Crippen LogP contribution in [0.15, 0.2) is 97.2 Å². The molecular weight excluding hydrogens is 1070 g/mol. The van der Waals surface area contributed by atoms with Crippen LogP contribution < -0.4 is 5.73 Å². The van der Waals surface area contributed by atoms with Crippen molar-refractivity contribution in [2.24, 2.45) is 5.73 Å². The number of unbranched alkanes of at least 4 members (excludes halogenated alkanes) is 38. The Morgan fingerprint density at radius 3 is 0.906 bits per heavy atom. The summed E-state index contributed by atoms with van der Waals surface area (Å²) >= 11 is 0. The molecule has 0 aliphatic carbocycles. The van der Waals surface area contributed by atoms with E-state index in [-0.39, 0.29) is 38.6 Å². The quantitative estimate of drug-likeness (QED) is 0.0264. The van der Waals surface area contributed by atoms with E-state index in [4.69, 9.17) is 24.3 Å². The minimum atomic E-state index is -4.40. The van der Waals surface area contributed by atoms with E-state index >= 15 is 0 Å². The van der Waals surface area contributed by atoms with E-state index in [0.717, 1.165) is 83.5 Å². The van der Waals surface area contributed by atoms with Crippen molar-refractivity contribution < 1.29 is 37.6 Å². The molecule has 0 bridgehead atoms. The van der Waals surface area contributed by atoms with Gasteiger partial charge < -0.3 is 20.1 Å². The number of allylic oxidation sites excluding steroid dienone is 16. The zero-order valence-corrected chi connectivity index (χ0v) is 56.2. The van der Waals surface area contributed by atoms with Gasteiger partial charge in [0, 0.05) is 19.4 Å². The third-order valence-corrected chi connectivity index (χ3v) is 16.4. The van der Waals surface area contributed by atoms with Crippen molar-refractivity contribution in [1.82, 2.24) is 0 Å². The molecular formula is C75H134NO8P. The first kappa shape index (κ1) is 81.9. The van der Waals surface area contributed by atoms with Crippen LogP contribution in [0.5, 0.6) is 0 Å². The van der Waals surface area contributed by atoms with Crippen LogP contribution in [0.3, 0.4) is 0 Å². The smallest absolute Gasteiger partial charge is 0.462 e. The Labute approximate surface area is 525 Å². The topological polar surface area (TPSA) is 134 Å². The average molecular weight is 1210 g/mol. The van der Waals surface area contributed by atoms with Crippen LogP contribution >= 0.6 is 7.82 Å². The maximum Gasteiger partial charge on any atom is 0.472 e. The van der Waals surface area contributed by atoms with Crippen LogP contribution in [-0.4, -0.2) is 49.3 Å². The van der Waals surface area contributed by atoms with E-state index in [1.54, 1.807) is 0 Å². The molecule has 0 saturated carbocycles. The van der Waals surface area contributed by atoms with Gasteiger partial charge in [0.05, 0.1) is 13.2 Å². The zero-order chi connectivity index (χ0) is 61.6. The number of ether oxygens (including phenoxy) is 2. The molecule has 0 saturated heterocycles. The molecule has 9 nitrogen and oxygen atoms in total. The van der Waals surface area contributed by atoms with Crippen molar-refractivity contribution in [2.45, 2.75) is 341 Å². The molecule has 85 heavy (non-hydrogen) atoms. The lowest BCUT2D eigenvalue weighted by Crippen LogP contribution is -2.29. The Morgan fingerprint density at radius 1 is 0.353 bits per heavy atom. The van der Waals surface area contributed by atoms with E-state index in [9.17, 15) is 19.0 Å². The van der Waals surface area contributed by atoms with Gasteiger partial charge in [-0.15, -0.1) is 0 Å². The zero-order valence-electron chi connectivity index (χ0n) is 55.3. The van der Waals surface area contributed by atoms with Gasteiger partial charge in [-0.25, -0.2) is 4.57 Å².